The van der Waals surface area contributed by atoms with Gasteiger partial charge in [0.25, 0.3) is 11.4 Å². The first kappa shape index (κ1) is 85.1. The van der Waals surface area contributed by atoms with Crippen LogP contribution in [0.2, 0.25) is 0 Å². The zero-order chi connectivity index (χ0) is 76.6. The van der Waals surface area contributed by atoms with Crippen molar-refractivity contribution in [3.05, 3.63) is 113 Å². The molecule has 105 heavy (non-hydrogen) atoms. The van der Waals surface area contributed by atoms with Crippen LogP contribution in [0.3, 0.4) is 0 Å². The van der Waals surface area contributed by atoms with Crippen molar-refractivity contribution in [3.63, 3.8) is 0 Å². The summed E-state index contributed by atoms with van der Waals surface area (Å²) in [5, 5.41) is 21.2. The van der Waals surface area contributed by atoms with Crippen LogP contribution in [0, 0.1) is 62.9 Å². The van der Waals surface area contributed by atoms with Gasteiger partial charge in [-0.15, -0.1) is 0 Å². The van der Waals surface area contributed by atoms with E-state index in [0.717, 1.165) is 98.4 Å². The van der Waals surface area contributed by atoms with E-state index in [9.17, 15) is 29.7 Å². The number of hydrogen-bond donors (Lipinski definition) is 4. The highest BCUT2D eigenvalue weighted by Crippen LogP contribution is 2.51. The summed E-state index contributed by atoms with van der Waals surface area (Å²) in [5.41, 5.74) is -2.68. The molecule has 4 heterocycles. The summed E-state index contributed by atoms with van der Waals surface area (Å²) < 4.78 is 25.3. The standard InChI is InChI=1S/C77H100N8O12S8/c1-73(2)35-49(59(69(90)102-31-27-98)55(39-73)82-19-11-12-20-82)53(43-78)65(86)94-45-77(46-95-66(87)54(44-79)50-36-74(3,4)40-56(83-21-13-14-22-83)60(50)70(91)103-32-28-99,47-96-67(88)63(80-9)51-37-75(5,6)41-57(84-23-15-16-24-84)61(51)71(92)104-33-29-100)48-97-68(89)64(81-10)52-38-76(7,8)42-58(85-25-17-18-26-85)62(52)72(93)105-34-30-101/h98-101H,11-42,45-48H2,1-8H3/b53-49+,54-50+,63-51-,64-52+. The van der Waals surface area contributed by atoms with E-state index in [2.05, 4.69) is 91.9 Å². The van der Waals surface area contributed by atoms with E-state index >= 15 is 19.2 Å². The molecule has 28 heteroatoms. The first-order valence-electron chi connectivity index (χ1n) is 36.2. The average molecular weight is 1590 g/mol. The Labute approximate surface area is 659 Å². The third kappa shape index (κ3) is 21.5. The SMILES string of the molecule is [C-]#[N+]/C(C(=O)OCC(COC(=O)/C(C#N)=C1\CC(C)(C)CC(N2CCCC2)=C1C(=O)SCCS)(COC(=O)/C(C#N)=C1\CC(C)(C)CC(N2CCCC2)=C1C(=O)SCCS)COC(=O)/C([N+]#[C-])=C1/CC(C)(C)CC(N2CCCC2)=C1C(=O)SCCS)=C1/CC(C)(C)CC(N2CCCC2)=C1C(=O)SCCS. The van der Waals surface area contributed by atoms with Crippen LogP contribution in [0.5, 0.6) is 0 Å². The number of nitrogens with zero attached hydrogens (tertiary/aromatic N) is 8. The maximum Gasteiger partial charge on any atom is 0.349 e. The minimum atomic E-state index is -2.30. The molecule has 0 saturated carbocycles. The van der Waals surface area contributed by atoms with E-state index in [1.807, 2.05) is 55.4 Å². The molecule has 8 rings (SSSR count). The van der Waals surface area contributed by atoms with Gasteiger partial charge in [-0.2, -0.15) is 61.0 Å². The minimum absolute atomic E-state index is 0.0870. The Morgan fingerprint density at radius 1 is 0.390 bits per heavy atom. The highest BCUT2D eigenvalue weighted by Gasteiger charge is 2.47. The first-order chi connectivity index (χ1) is 49.9. The molecule has 4 saturated heterocycles. The van der Waals surface area contributed by atoms with E-state index in [0.29, 0.717) is 147 Å². The second-order valence-electron chi connectivity index (χ2n) is 31.2. The Morgan fingerprint density at radius 2 is 0.610 bits per heavy atom. The summed E-state index contributed by atoms with van der Waals surface area (Å²) in [6.45, 7) is 34.4. The molecule has 0 aromatic heterocycles. The van der Waals surface area contributed by atoms with Crippen LogP contribution in [0.1, 0.15) is 158 Å². The molecule has 8 aliphatic rings. The Kier molecular flexibility index (Phi) is 30.9. The van der Waals surface area contributed by atoms with Gasteiger partial charge >= 0.3 is 23.9 Å². The Bertz CT molecular complexity index is 3370. The lowest BCUT2D eigenvalue weighted by molar-refractivity contribution is -0.165. The van der Waals surface area contributed by atoms with Gasteiger partial charge in [-0.1, -0.05) is 102 Å². The predicted molar refractivity (Wildman–Crippen MR) is 427 cm³/mol. The summed E-state index contributed by atoms with van der Waals surface area (Å²) in [6.07, 6.45) is 9.04. The molecule has 0 amide bonds. The molecular weight excluding hydrogens is 1490 g/mol. The van der Waals surface area contributed by atoms with Gasteiger partial charge < -0.3 is 38.5 Å². The van der Waals surface area contributed by atoms with Crippen molar-refractivity contribution < 1.29 is 57.3 Å². The van der Waals surface area contributed by atoms with Gasteiger partial charge in [0.2, 0.25) is 20.5 Å². The fourth-order valence-electron chi connectivity index (χ4n) is 15.4. The zero-order valence-electron chi connectivity index (χ0n) is 61.9. The number of likely N-dealkylation sites (tertiary alicyclic amines) is 4. The number of rotatable bonds is 28. The molecule has 0 spiro atoms. The van der Waals surface area contributed by atoms with Crippen LogP contribution in [-0.2, 0) is 57.3 Å². The number of carbonyl (C=O) groups excluding carboxylic acids is 8. The van der Waals surface area contributed by atoms with Crippen molar-refractivity contribution >= 4 is 142 Å². The molecule has 4 fully saturated rings. The van der Waals surface area contributed by atoms with E-state index in [4.69, 9.17) is 32.1 Å². The van der Waals surface area contributed by atoms with Crippen LogP contribution < -0.4 is 0 Å². The normalized spacial score (nSPS) is 22.0. The van der Waals surface area contributed by atoms with Crippen LogP contribution >= 0.6 is 97.6 Å². The Balaban J connectivity index is 1.35. The third-order valence-electron chi connectivity index (χ3n) is 20.1. The highest BCUT2D eigenvalue weighted by atomic mass is 32.2. The van der Waals surface area contributed by atoms with Crippen molar-refractivity contribution in [2.75, 3.05) is 125 Å². The number of hydrogen-bond acceptors (Lipinski definition) is 26. The smallest absolute Gasteiger partial charge is 0.349 e. The van der Waals surface area contributed by atoms with Crippen LogP contribution in [-0.4, -0.2) is 189 Å². The number of ether oxygens (including phenoxy) is 4. The van der Waals surface area contributed by atoms with Gasteiger partial charge in [-0.25, -0.2) is 19.3 Å². The number of thiol groups is 4. The summed E-state index contributed by atoms with van der Waals surface area (Å²) in [7, 11) is 0. The molecule has 0 aromatic rings. The summed E-state index contributed by atoms with van der Waals surface area (Å²) in [6, 6.07) is 4.14. The van der Waals surface area contributed by atoms with Crippen molar-refractivity contribution in [1.29, 1.82) is 10.5 Å². The number of carbonyl (C=O) groups is 8. The van der Waals surface area contributed by atoms with Crippen molar-refractivity contribution in [2.45, 2.75) is 158 Å². The molecule has 20 nitrogen and oxygen atoms in total. The molecule has 0 N–H and O–H groups in total. The fraction of sp³-hybridized carbons (Fsp3) is 0.636. The van der Waals surface area contributed by atoms with Gasteiger partial charge in [0, 0.05) is 109 Å². The molecule has 0 atom stereocenters. The van der Waals surface area contributed by atoms with Gasteiger partial charge in [-0.05, 0) is 170 Å². The lowest BCUT2D eigenvalue weighted by Crippen LogP contribution is -2.44. The van der Waals surface area contributed by atoms with E-state index in [-0.39, 0.29) is 90.7 Å². The number of nitriles is 2. The molecule has 4 aliphatic heterocycles. The monoisotopic (exact) mass is 1580 g/mol. The van der Waals surface area contributed by atoms with E-state index < -0.39 is 99.9 Å². The Morgan fingerprint density at radius 3 is 0.829 bits per heavy atom. The van der Waals surface area contributed by atoms with Gasteiger partial charge in [0.15, 0.2) is 0 Å². The molecule has 0 aromatic carbocycles. The fourth-order valence-corrected chi connectivity index (χ4v) is 19.1. The summed E-state index contributed by atoms with van der Waals surface area (Å²) >= 11 is 21.6. The number of esters is 4. The lowest BCUT2D eigenvalue weighted by atomic mass is 9.72. The number of thioether (sulfide) groups is 4. The number of allylic oxidation sites excluding steroid dienone is 8. The van der Waals surface area contributed by atoms with Crippen LogP contribution in [0.4, 0.5) is 0 Å². The summed E-state index contributed by atoms with van der Waals surface area (Å²) in [4.78, 5) is 137. The molecule has 568 valence electrons. The maximum absolute atomic E-state index is 15.5. The molecular formula is C77H100N8O12S8. The van der Waals surface area contributed by atoms with E-state index in [1.54, 1.807) is 0 Å². The van der Waals surface area contributed by atoms with Gasteiger partial charge in [-0.3, -0.25) is 28.8 Å². The Hall–Kier alpha value is -5.56. The van der Waals surface area contributed by atoms with Crippen LogP contribution in [0.15, 0.2) is 89.9 Å². The molecule has 4 aliphatic carbocycles. The van der Waals surface area contributed by atoms with Crippen LogP contribution in [0.25, 0.3) is 9.69 Å². The van der Waals surface area contributed by atoms with Crippen molar-refractivity contribution in [1.82, 2.24) is 19.6 Å². The topological polar surface area (TPSA) is 243 Å². The summed E-state index contributed by atoms with van der Waals surface area (Å²) in [5.74, 6) is -2.27. The maximum atomic E-state index is 15.5. The largest absolute Gasteiger partial charge is 0.470 e. The lowest BCUT2D eigenvalue weighted by Gasteiger charge is -2.39. The second-order valence-corrected chi connectivity index (χ2v) is 37.2. The predicted octanol–water partition coefficient (Wildman–Crippen LogP) is 13.6. The van der Waals surface area contributed by atoms with Gasteiger partial charge in [0.1, 0.15) is 55.1 Å². The molecule has 0 bridgehead atoms. The highest BCUT2D eigenvalue weighted by molar-refractivity contribution is 8.15. The second kappa shape index (κ2) is 38.2. The third-order valence-corrected chi connectivity index (χ3v) is 25.7. The average Bonchev–Trinajstić information content (AvgIpc) is 1.78. The van der Waals surface area contributed by atoms with Crippen molar-refractivity contribution in [3.8, 4) is 12.1 Å². The molecule has 0 radical (unpaired) electrons. The molecule has 0 unspecified atom stereocenters. The first-order valence-corrected chi connectivity index (χ1v) is 42.6. The quantitative estimate of drug-likeness (QED) is 0.0142. The van der Waals surface area contributed by atoms with Gasteiger partial charge in [0.05, 0.1) is 24.3 Å². The minimum Gasteiger partial charge on any atom is -0.470 e. The van der Waals surface area contributed by atoms with E-state index in [1.165, 1.54) is 0 Å². The van der Waals surface area contributed by atoms with Crippen molar-refractivity contribution in [2.24, 2.45) is 27.1 Å². The zero-order valence-corrected chi connectivity index (χ0v) is 68.7.